The number of nitrogens with zero attached hydrogens (tertiary/aromatic N) is 1. The van der Waals surface area contributed by atoms with Crippen LogP contribution in [0.15, 0.2) is 36.5 Å². The number of pyridine rings is 1. The molecule has 3 rings (SSSR count). The maximum Gasteiger partial charge on any atom is 0.142 e. The standard InChI is InChI=1S/C12H10N2O/c1-15-10-6-2-4-8-9-5-3-7-13-12(9)14-11(8)10/h2-7H,1H3,(H,13,14). The van der Waals surface area contributed by atoms with E-state index in [4.69, 9.17) is 4.74 Å². The molecule has 1 N–H and O–H groups in total. The Labute approximate surface area is 86.7 Å². The first-order valence-electron chi connectivity index (χ1n) is 4.79. The van der Waals surface area contributed by atoms with Crippen LogP contribution in [-0.4, -0.2) is 17.1 Å². The molecule has 15 heavy (non-hydrogen) atoms. The highest BCUT2D eigenvalue weighted by Crippen LogP contribution is 2.30. The van der Waals surface area contributed by atoms with E-state index in [1.807, 2.05) is 18.2 Å². The van der Waals surface area contributed by atoms with Gasteiger partial charge in [-0.3, -0.25) is 0 Å². The number of rotatable bonds is 1. The first-order valence-corrected chi connectivity index (χ1v) is 4.79. The molecule has 0 aliphatic carbocycles. The number of aromatic amines is 1. The van der Waals surface area contributed by atoms with E-state index in [1.165, 1.54) is 0 Å². The number of methoxy groups -OCH3 is 1. The number of nitrogens with one attached hydrogen (secondary N) is 1. The van der Waals surface area contributed by atoms with Gasteiger partial charge in [0.2, 0.25) is 0 Å². The zero-order valence-corrected chi connectivity index (χ0v) is 8.32. The summed E-state index contributed by atoms with van der Waals surface area (Å²) in [4.78, 5) is 7.54. The van der Waals surface area contributed by atoms with Gasteiger partial charge in [-0.25, -0.2) is 4.98 Å². The normalized spacial score (nSPS) is 11.0. The van der Waals surface area contributed by atoms with Crippen LogP contribution in [0.25, 0.3) is 21.9 Å². The molecule has 1 aromatic carbocycles. The van der Waals surface area contributed by atoms with Crippen LogP contribution in [0.5, 0.6) is 5.75 Å². The molecule has 0 atom stereocenters. The summed E-state index contributed by atoms with van der Waals surface area (Å²) in [5.74, 6) is 0.852. The number of fused-ring (bicyclic) bond motifs is 3. The Hall–Kier alpha value is -2.03. The highest BCUT2D eigenvalue weighted by molar-refractivity contribution is 6.07. The lowest BCUT2D eigenvalue weighted by molar-refractivity contribution is 0.419. The molecule has 0 bridgehead atoms. The Bertz CT molecular complexity index is 628. The molecule has 2 heterocycles. The van der Waals surface area contributed by atoms with Crippen LogP contribution in [0.2, 0.25) is 0 Å². The summed E-state index contributed by atoms with van der Waals surface area (Å²) in [6, 6.07) is 9.99. The Kier molecular flexibility index (Phi) is 1.65. The van der Waals surface area contributed by atoms with Crippen molar-refractivity contribution in [2.45, 2.75) is 0 Å². The number of H-pyrrole nitrogens is 1. The average molecular weight is 198 g/mol. The van der Waals surface area contributed by atoms with Crippen molar-refractivity contribution in [3.63, 3.8) is 0 Å². The van der Waals surface area contributed by atoms with Gasteiger partial charge in [-0.2, -0.15) is 0 Å². The highest BCUT2D eigenvalue weighted by Gasteiger charge is 2.07. The van der Waals surface area contributed by atoms with Crippen LogP contribution in [0.1, 0.15) is 0 Å². The van der Waals surface area contributed by atoms with Crippen molar-refractivity contribution in [3.8, 4) is 5.75 Å². The van der Waals surface area contributed by atoms with Gasteiger partial charge < -0.3 is 9.72 Å². The first kappa shape index (κ1) is 8.29. The molecule has 0 spiro atoms. The molecule has 0 aliphatic rings. The highest BCUT2D eigenvalue weighted by atomic mass is 16.5. The molecular weight excluding hydrogens is 188 g/mol. The number of benzene rings is 1. The molecule has 0 saturated carbocycles. The van der Waals surface area contributed by atoms with Crippen molar-refractivity contribution in [1.29, 1.82) is 0 Å². The number of hydrogen-bond acceptors (Lipinski definition) is 2. The largest absolute Gasteiger partial charge is 0.495 e. The van der Waals surface area contributed by atoms with E-state index >= 15 is 0 Å². The maximum atomic E-state index is 5.30. The van der Waals surface area contributed by atoms with Crippen molar-refractivity contribution < 1.29 is 4.74 Å². The summed E-state index contributed by atoms with van der Waals surface area (Å²) >= 11 is 0. The Morgan fingerprint density at radius 1 is 1.13 bits per heavy atom. The van der Waals surface area contributed by atoms with Gasteiger partial charge in [0, 0.05) is 17.0 Å². The molecule has 0 saturated heterocycles. The summed E-state index contributed by atoms with van der Waals surface area (Å²) in [5.41, 5.74) is 1.91. The molecule has 3 heteroatoms. The lowest BCUT2D eigenvalue weighted by atomic mass is 10.2. The third-order valence-electron chi connectivity index (χ3n) is 2.59. The predicted molar refractivity (Wildman–Crippen MR) is 60.2 cm³/mol. The van der Waals surface area contributed by atoms with Gasteiger partial charge in [0.05, 0.1) is 12.6 Å². The quantitative estimate of drug-likeness (QED) is 0.652. The fourth-order valence-corrected chi connectivity index (χ4v) is 1.90. The van der Waals surface area contributed by atoms with E-state index in [0.717, 1.165) is 27.7 Å². The Morgan fingerprint density at radius 2 is 2.00 bits per heavy atom. The SMILES string of the molecule is COc1cccc2c1[nH]c1ncccc12. The topological polar surface area (TPSA) is 37.9 Å². The van der Waals surface area contributed by atoms with E-state index in [0.29, 0.717) is 0 Å². The summed E-state index contributed by atoms with van der Waals surface area (Å²) in [5, 5.41) is 2.28. The van der Waals surface area contributed by atoms with E-state index in [-0.39, 0.29) is 0 Å². The Morgan fingerprint density at radius 3 is 2.87 bits per heavy atom. The van der Waals surface area contributed by atoms with Crippen molar-refractivity contribution in [1.82, 2.24) is 9.97 Å². The average Bonchev–Trinajstić information content (AvgIpc) is 2.67. The number of para-hydroxylation sites is 1. The predicted octanol–water partition coefficient (Wildman–Crippen LogP) is 2.72. The zero-order chi connectivity index (χ0) is 10.3. The summed E-state index contributed by atoms with van der Waals surface area (Å²) in [6.07, 6.45) is 1.78. The lowest BCUT2D eigenvalue weighted by Crippen LogP contribution is -1.82. The van der Waals surface area contributed by atoms with E-state index in [1.54, 1.807) is 13.3 Å². The lowest BCUT2D eigenvalue weighted by Gasteiger charge is -1.99. The van der Waals surface area contributed by atoms with Crippen molar-refractivity contribution in [3.05, 3.63) is 36.5 Å². The minimum atomic E-state index is 0.852. The molecule has 0 unspecified atom stereocenters. The van der Waals surface area contributed by atoms with Crippen LogP contribution in [0.3, 0.4) is 0 Å². The first-order chi connectivity index (χ1) is 7.40. The molecule has 0 radical (unpaired) electrons. The minimum Gasteiger partial charge on any atom is -0.495 e. The monoisotopic (exact) mass is 198 g/mol. The van der Waals surface area contributed by atoms with Crippen molar-refractivity contribution >= 4 is 21.9 Å². The number of ether oxygens (including phenoxy) is 1. The third-order valence-corrected chi connectivity index (χ3v) is 2.59. The van der Waals surface area contributed by atoms with E-state index < -0.39 is 0 Å². The van der Waals surface area contributed by atoms with Crippen molar-refractivity contribution in [2.75, 3.05) is 7.11 Å². The smallest absolute Gasteiger partial charge is 0.142 e. The van der Waals surface area contributed by atoms with E-state index in [9.17, 15) is 0 Å². The van der Waals surface area contributed by atoms with Gasteiger partial charge in [-0.1, -0.05) is 12.1 Å². The molecule has 0 amide bonds. The van der Waals surface area contributed by atoms with Crippen molar-refractivity contribution in [2.24, 2.45) is 0 Å². The molecule has 3 nitrogen and oxygen atoms in total. The molecular formula is C12H10N2O. The van der Waals surface area contributed by atoms with Crippen LogP contribution < -0.4 is 4.74 Å². The zero-order valence-electron chi connectivity index (χ0n) is 8.32. The summed E-state index contributed by atoms with van der Waals surface area (Å²) in [6.45, 7) is 0. The van der Waals surface area contributed by atoms with Crippen LogP contribution in [0, 0.1) is 0 Å². The molecule has 3 aromatic rings. The molecule has 2 aromatic heterocycles. The van der Waals surface area contributed by atoms with Crippen LogP contribution in [0.4, 0.5) is 0 Å². The third kappa shape index (κ3) is 1.09. The van der Waals surface area contributed by atoms with Gasteiger partial charge in [-0.05, 0) is 18.2 Å². The maximum absolute atomic E-state index is 5.30. The van der Waals surface area contributed by atoms with Crippen LogP contribution in [-0.2, 0) is 0 Å². The fourth-order valence-electron chi connectivity index (χ4n) is 1.90. The Balaban J connectivity index is 2.53. The van der Waals surface area contributed by atoms with Gasteiger partial charge in [0.15, 0.2) is 0 Å². The van der Waals surface area contributed by atoms with Crippen LogP contribution >= 0.6 is 0 Å². The molecule has 0 fully saturated rings. The summed E-state index contributed by atoms with van der Waals surface area (Å²) in [7, 11) is 1.67. The second-order valence-electron chi connectivity index (χ2n) is 3.41. The fraction of sp³-hybridized carbons (Fsp3) is 0.0833. The second kappa shape index (κ2) is 2.98. The number of hydrogen-bond donors (Lipinski definition) is 1. The van der Waals surface area contributed by atoms with Gasteiger partial charge in [-0.15, -0.1) is 0 Å². The molecule has 74 valence electrons. The summed E-state index contributed by atoms with van der Waals surface area (Å²) < 4.78 is 5.30. The van der Waals surface area contributed by atoms with E-state index in [2.05, 4.69) is 22.1 Å². The molecule has 0 aliphatic heterocycles. The second-order valence-corrected chi connectivity index (χ2v) is 3.41. The van der Waals surface area contributed by atoms with Gasteiger partial charge >= 0.3 is 0 Å². The van der Waals surface area contributed by atoms with Gasteiger partial charge in [0.1, 0.15) is 11.4 Å². The minimum absolute atomic E-state index is 0.852. The number of aromatic nitrogens is 2. The van der Waals surface area contributed by atoms with Gasteiger partial charge in [0.25, 0.3) is 0 Å².